The number of rotatable bonds is 9. The van der Waals surface area contributed by atoms with Crippen LogP contribution >= 0.6 is 22.9 Å². The molecule has 1 aliphatic rings. The van der Waals surface area contributed by atoms with Gasteiger partial charge in [0, 0.05) is 23.0 Å². The highest BCUT2D eigenvalue weighted by atomic mass is 35.5. The molecule has 2 aromatic carbocycles. The Bertz CT molecular complexity index is 1010. The zero-order chi connectivity index (χ0) is 22.5. The van der Waals surface area contributed by atoms with Gasteiger partial charge in [-0.25, -0.2) is 0 Å². The van der Waals surface area contributed by atoms with E-state index in [1.807, 2.05) is 24.3 Å². The molecular weight excluding hydrogens is 446 g/mol. The molecule has 0 fully saturated rings. The fraction of sp³-hybridized carbons (Fsp3) is 0.360. The molecular formula is C25H28ClNO4S. The fourth-order valence-electron chi connectivity index (χ4n) is 4.19. The normalized spacial score (nSPS) is 17.1. The minimum Gasteiger partial charge on any atom is -0.493 e. The van der Waals surface area contributed by atoms with Gasteiger partial charge in [0.25, 0.3) is 0 Å². The molecule has 7 heteroatoms. The van der Waals surface area contributed by atoms with Crippen molar-refractivity contribution in [3.8, 4) is 11.5 Å². The van der Waals surface area contributed by atoms with Crippen molar-refractivity contribution in [3.63, 3.8) is 0 Å². The lowest BCUT2D eigenvalue weighted by Crippen LogP contribution is -2.41. The van der Waals surface area contributed by atoms with Gasteiger partial charge in [-0.3, -0.25) is 4.90 Å². The molecule has 0 aliphatic carbocycles. The van der Waals surface area contributed by atoms with E-state index in [9.17, 15) is 5.11 Å². The lowest BCUT2D eigenvalue weighted by molar-refractivity contribution is 0.00401. The molecule has 5 nitrogen and oxygen atoms in total. The molecule has 4 rings (SSSR count). The number of nitrogens with zero attached hydrogens (tertiary/aromatic N) is 1. The lowest BCUT2D eigenvalue weighted by atomic mass is 9.90. The molecule has 0 amide bonds. The van der Waals surface area contributed by atoms with Crippen molar-refractivity contribution in [1.82, 2.24) is 4.90 Å². The van der Waals surface area contributed by atoms with Gasteiger partial charge in [0.15, 0.2) is 11.5 Å². The van der Waals surface area contributed by atoms with E-state index in [1.165, 1.54) is 16.0 Å². The number of hydrogen-bond acceptors (Lipinski definition) is 6. The standard InChI is InChI=1S/C25H28ClNO4S/c1-29-22-12-18-9-10-27(14-20(28)16-31-15-17-5-7-19(26)8-6-17)25(24-4-3-11-32-24)21(18)13-23(22)30-2/h3-8,11-13,20,25,28H,9-10,14-16H2,1-2H3/t20-,25+/m1/s1. The van der Waals surface area contributed by atoms with Gasteiger partial charge in [-0.1, -0.05) is 29.8 Å². The van der Waals surface area contributed by atoms with Crippen LogP contribution in [0.5, 0.6) is 11.5 Å². The summed E-state index contributed by atoms with van der Waals surface area (Å²) >= 11 is 7.66. The maximum absolute atomic E-state index is 10.7. The van der Waals surface area contributed by atoms with E-state index >= 15 is 0 Å². The molecule has 0 unspecified atom stereocenters. The van der Waals surface area contributed by atoms with Gasteiger partial charge in [0.2, 0.25) is 0 Å². The third kappa shape index (κ3) is 5.27. The van der Waals surface area contributed by atoms with E-state index in [4.69, 9.17) is 25.8 Å². The first-order valence-corrected chi connectivity index (χ1v) is 11.9. The molecule has 3 aromatic rings. The number of aliphatic hydroxyl groups excluding tert-OH is 1. The minimum atomic E-state index is -0.591. The van der Waals surface area contributed by atoms with E-state index < -0.39 is 6.10 Å². The van der Waals surface area contributed by atoms with Gasteiger partial charge >= 0.3 is 0 Å². The summed E-state index contributed by atoms with van der Waals surface area (Å²) in [6, 6.07) is 16.0. The zero-order valence-corrected chi connectivity index (χ0v) is 19.9. The van der Waals surface area contributed by atoms with E-state index in [-0.39, 0.29) is 12.6 Å². The molecule has 1 aliphatic heterocycles. The Labute approximate surface area is 198 Å². The maximum Gasteiger partial charge on any atom is 0.161 e. The Balaban J connectivity index is 1.47. The Morgan fingerprint density at radius 2 is 1.88 bits per heavy atom. The highest BCUT2D eigenvalue weighted by Crippen LogP contribution is 2.42. The number of hydrogen-bond donors (Lipinski definition) is 1. The van der Waals surface area contributed by atoms with Crippen LogP contribution in [0.15, 0.2) is 53.9 Å². The van der Waals surface area contributed by atoms with Crippen molar-refractivity contribution in [2.45, 2.75) is 25.2 Å². The Morgan fingerprint density at radius 1 is 1.12 bits per heavy atom. The van der Waals surface area contributed by atoms with E-state index in [2.05, 4.69) is 34.5 Å². The lowest BCUT2D eigenvalue weighted by Gasteiger charge is -2.38. The topological polar surface area (TPSA) is 51.2 Å². The molecule has 0 saturated carbocycles. The van der Waals surface area contributed by atoms with Gasteiger partial charge in [-0.2, -0.15) is 0 Å². The maximum atomic E-state index is 10.7. The monoisotopic (exact) mass is 473 g/mol. The van der Waals surface area contributed by atoms with Crippen LogP contribution in [0.2, 0.25) is 5.02 Å². The number of β-amino-alcohol motifs (C(OH)–C–C–N with tert-alkyl or cyclic N) is 1. The van der Waals surface area contributed by atoms with Crippen LogP contribution in [-0.4, -0.2) is 50.0 Å². The molecule has 2 atom stereocenters. The Morgan fingerprint density at radius 3 is 2.56 bits per heavy atom. The summed E-state index contributed by atoms with van der Waals surface area (Å²) in [7, 11) is 3.32. The van der Waals surface area contributed by atoms with Crippen LogP contribution in [0.1, 0.15) is 27.6 Å². The first-order chi connectivity index (χ1) is 15.6. The molecule has 0 saturated heterocycles. The van der Waals surface area contributed by atoms with Crippen molar-refractivity contribution in [3.05, 3.63) is 80.5 Å². The first-order valence-electron chi connectivity index (χ1n) is 10.6. The highest BCUT2D eigenvalue weighted by Gasteiger charge is 2.32. The van der Waals surface area contributed by atoms with Crippen LogP contribution in [0.25, 0.3) is 0 Å². The second-order valence-corrected chi connectivity index (χ2v) is 9.28. The summed E-state index contributed by atoms with van der Waals surface area (Å²) in [6.07, 6.45) is 0.294. The molecule has 1 aromatic heterocycles. The molecule has 0 spiro atoms. The molecule has 170 valence electrons. The fourth-order valence-corrected chi connectivity index (χ4v) is 5.19. The number of fused-ring (bicyclic) bond motifs is 1. The van der Waals surface area contributed by atoms with E-state index in [0.29, 0.717) is 18.2 Å². The van der Waals surface area contributed by atoms with Gasteiger partial charge < -0.3 is 19.3 Å². The number of aliphatic hydroxyl groups is 1. The third-order valence-corrected chi connectivity index (χ3v) is 6.90. The van der Waals surface area contributed by atoms with E-state index in [0.717, 1.165) is 30.0 Å². The number of ether oxygens (including phenoxy) is 3. The van der Waals surface area contributed by atoms with Crippen LogP contribution < -0.4 is 9.47 Å². The van der Waals surface area contributed by atoms with Crippen molar-refractivity contribution < 1.29 is 19.3 Å². The predicted molar refractivity (Wildman–Crippen MR) is 128 cm³/mol. The van der Waals surface area contributed by atoms with Gasteiger partial charge in [0.1, 0.15) is 0 Å². The van der Waals surface area contributed by atoms with Crippen LogP contribution in [0.4, 0.5) is 0 Å². The Hall–Kier alpha value is -2.09. The molecule has 1 N–H and O–H groups in total. The number of benzene rings is 2. The number of methoxy groups -OCH3 is 2. The second-order valence-electron chi connectivity index (χ2n) is 7.86. The van der Waals surface area contributed by atoms with Crippen molar-refractivity contribution in [2.75, 3.05) is 33.9 Å². The summed E-state index contributed by atoms with van der Waals surface area (Å²) in [5.74, 6) is 1.47. The van der Waals surface area contributed by atoms with Crippen molar-refractivity contribution >= 4 is 22.9 Å². The Kier molecular flexibility index (Phi) is 7.71. The van der Waals surface area contributed by atoms with Crippen molar-refractivity contribution in [1.29, 1.82) is 0 Å². The van der Waals surface area contributed by atoms with Gasteiger partial charge in [-0.15, -0.1) is 11.3 Å². The average Bonchev–Trinajstić information content (AvgIpc) is 3.33. The van der Waals surface area contributed by atoms with Crippen LogP contribution in [-0.2, 0) is 17.8 Å². The summed E-state index contributed by atoms with van der Waals surface area (Å²) in [5.41, 5.74) is 3.49. The van der Waals surface area contributed by atoms with Crippen LogP contribution in [0, 0.1) is 0 Å². The third-order valence-electron chi connectivity index (χ3n) is 5.72. The van der Waals surface area contributed by atoms with E-state index in [1.54, 1.807) is 25.6 Å². The van der Waals surface area contributed by atoms with Crippen LogP contribution in [0.3, 0.4) is 0 Å². The van der Waals surface area contributed by atoms with Gasteiger partial charge in [-0.05, 0) is 58.8 Å². The summed E-state index contributed by atoms with van der Waals surface area (Å²) in [5, 5.41) is 13.5. The molecule has 0 radical (unpaired) electrons. The molecule has 0 bridgehead atoms. The quantitative estimate of drug-likeness (QED) is 0.477. The minimum absolute atomic E-state index is 0.0597. The smallest absolute Gasteiger partial charge is 0.161 e. The summed E-state index contributed by atoms with van der Waals surface area (Å²) in [4.78, 5) is 3.57. The zero-order valence-electron chi connectivity index (χ0n) is 18.3. The largest absolute Gasteiger partial charge is 0.493 e. The number of thiophene rings is 1. The molecule has 32 heavy (non-hydrogen) atoms. The number of halogens is 1. The average molecular weight is 474 g/mol. The second kappa shape index (κ2) is 10.7. The predicted octanol–water partition coefficient (Wildman–Crippen LogP) is 4.94. The summed E-state index contributed by atoms with van der Waals surface area (Å²) < 4.78 is 16.8. The summed E-state index contributed by atoms with van der Waals surface area (Å²) in [6.45, 7) is 2.09. The highest BCUT2D eigenvalue weighted by molar-refractivity contribution is 7.10. The first kappa shape index (κ1) is 23.1. The van der Waals surface area contributed by atoms with Gasteiger partial charge in [0.05, 0.1) is 39.6 Å². The van der Waals surface area contributed by atoms with Crippen molar-refractivity contribution in [2.24, 2.45) is 0 Å². The SMILES string of the molecule is COc1cc2c(cc1OC)[C@@H](c1cccs1)N(C[C@@H](O)COCc1ccc(Cl)cc1)CC2. The molecule has 2 heterocycles.